The highest BCUT2D eigenvalue weighted by atomic mass is 16.5. The molecule has 1 atom stereocenters. The zero-order valence-electron chi connectivity index (χ0n) is 16.4. The third-order valence-corrected chi connectivity index (χ3v) is 3.88. The molecule has 0 fully saturated rings. The molecule has 0 radical (unpaired) electrons. The molecule has 0 aliphatic heterocycles. The third kappa shape index (κ3) is 4.42. The summed E-state index contributed by atoms with van der Waals surface area (Å²) in [6.07, 6.45) is 0.695. The van der Waals surface area contributed by atoms with E-state index in [-0.39, 0.29) is 6.61 Å². The van der Waals surface area contributed by atoms with E-state index < -0.39 is 6.10 Å². The summed E-state index contributed by atoms with van der Waals surface area (Å²) in [5.74, 6) is 2.12. The van der Waals surface area contributed by atoms with Gasteiger partial charge >= 0.3 is 0 Å². The first-order valence-electron chi connectivity index (χ1n) is 7.97. The van der Waals surface area contributed by atoms with Crippen LogP contribution < -0.4 is 14.2 Å². The van der Waals surface area contributed by atoms with Crippen LogP contribution in [0.4, 0.5) is 0 Å². The van der Waals surface area contributed by atoms with Gasteiger partial charge in [-0.15, -0.1) is 0 Å². The molecule has 0 aliphatic carbocycles. The van der Waals surface area contributed by atoms with Crippen LogP contribution in [0.1, 0.15) is 18.6 Å². The van der Waals surface area contributed by atoms with Gasteiger partial charge in [-0.1, -0.05) is 6.08 Å². The van der Waals surface area contributed by atoms with E-state index in [9.17, 15) is 5.11 Å². The molecule has 1 rings (SSSR count). The monoisotopic (exact) mass is 368 g/mol. The predicted molar refractivity (Wildman–Crippen MR) is 97.7 cm³/mol. The fraction of sp³-hybridized carbons (Fsp3) is 0.474. The van der Waals surface area contributed by atoms with Crippen molar-refractivity contribution in [3.05, 3.63) is 40.9 Å². The highest BCUT2D eigenvalue weighted by Gasteiger charge is 2.27. The predicted octanol–water partition coefficient (Wildman–Crippen LogP) is 2.84. The lowest BCUT2D eigenvalue weighted by Crippen LogP contribution is -2.12. The minimum absolute atomic E-state index is 0.201. The van der Waals surface area contributed by atoms with E-state index in [1.54, 1.807) is 32.2 Å². The molecule has 0 aliphatic rings. The molecule has 1 N–H and O–H groups in total. The zero-order chi connectivity index (χ0) is 19.7. The molecule has 1 unspecified atom stereocenters. The summed E-state index contributed by atoms with van der Waals surface area (Å²) in [5.41, 5.74) is 1.01. The van der Waals surface area contributed by atoms with E-state index in [0.717, 1.165) is 0 Å². The lowest BCUT2D eigenvalue weighted by molar-refractivity contribution is 0.133. The summed E-state index contributed by atoms with van der Waals surface area (Å²) in [5, 5.41) is 11.0. The van der Waals surface area contributed by atoms with E-state index in [1.165, 1.54) is 35.5 Å². The summed E-state index contributed by atoms with van der Waals surface area (Å²) in [6.45, 7) is 2.00. The molecule has 7 heteroatoms. The SMILES string of the molecule is C/C=C(\C(OC)=C(/COC)OC)C(O)c1ccc(OC)c(OC)c1OC. The Balaban J connectivity index is 3.51. The first kappa shape index (κ1) is 21.7. The van der Waals surface area contributed by atoms with Gasteiger partial charge in [-0.3, -0.25) is 0 Å². The van der Waals surface area contributed by atoms with Gasteiger partial charge in [0.05, 0.1) is 35.5 Å². The van der Waals surface area contributed by atoms with Crippen molar-refractivity contribution in [2.45, 2.75) is 13.0 Å². The van der Waals surface area contributed by atoms with Crippen LogP contribution in [0.2, 0.25) is 0 Å². The molecule has 0 heterocycles. The van der Waals surface area contributed by atoms with Crippen LogP contribution in [0.25, 0.3) is 0 Å². The van der Waals surface area contributed by atoms with E-state index in [2.05, 4.69) is 0 Å². The van der Waals surface area contributed by atoms with Gasteiger partial charge in [0.1, 0.15) is 12.7 Å². The summed E-state index contributed by atoms with van der Waals surface area (Å²) in [4.78, 5) is 0. The first-order valence-corrected chi connectivity index (χ1v) is 7.97. The summed E-state index contributed by atoms with van der Waals surface area (Å²) < 4.78 is 32.1. The zero-order valence-corrected chi connectivity index (χ0v) is 16.4. The van der Waals surface area contributed by atoms with Crippen molar-refractivity contribution in [3.8, 4) is 17.2 Å². The van der Waals surface area contributed by atoms with Gasteiger partial charge < -0.3 is 33.5 Å². The van der Waals surface area contributed by atoms with Gasteiger partial charge in [0.25, 0.3) is 0 Å². The largest absolute Gasteiger partial charge is 0.495 e. The molecule has 1 aromatic carbocycles. The standard InChI is InChI=1S/C19H28O7/c1-8-12(17(24-5)15(23-4)11-21-2)16(20)13-9-10-14(22-3)19(26-7)18(13)25-6/h8-10,16,20H,11H2,1-7H3/b12-8-,17-15-. The second kappa shape index (κ2) is 10.6. The van der Waals surface area contributed by atoms with Gasteiger partial charge in [0, 0.05) is 18.2 Å². The van der Waals surface area contributed by atoms with Crippen molar-refractivity contribution >= 4 is 0 Å². The average molecular weight is 368 g/mol. The van der Waals surface area contributed by atoms with E-state index in [1.807, 2.05) is 0 Å². The van der Waals surface area contributed by atoms with E-state index in [0.29, 0.717) is 39.9 Å². The molecule has 0 bridgehead atoms. The molecule has 0 saturated carbocycles. The van der Waals surface area contributed by atoms with E-state index >= 15 is 0 Å². The second-order valence-corrected chi connectivity index (χ2v) is 5.16. The molecule has 1 aromatic rings. The summed E-state index contributed by atoms with van der Waals surface area (Å²) >= 11 is 0. The van der Waals surface area contributed by atoms with Crippen molar-refractivity contribution in [2.24, 2.45) is 0 Å². The number of allylic oxidation sites excluding steroid dienone is 1. The quantitative estimate of drug-likeness (QED) is 0.503. The van der Waals surface area contributed by atoms with Crippen LogP contribution in [0.15, 0.2) is 35.3 Å². The smallest absolute Gasteiger partial charge is 0.203 e. The average Bonchev–Trinajstić information content (AvgIpc) is 2.68. The number of aliphatic hydroxyl groups is 1. The maximum atomic E-state index is 11.0. The summed E-state index contributed by atoms with van der Waals surface area (Å²) in [6, 6.07) is 3.42. The fourth-order valence-corrected chi connectivity index (χ4v) is 2.66. The number of benzene rings is 1. The molecular weight excluding hydrogens is 340 g/mol. The van der Waals surface area contributed by atoms with Crippen LogP contribution in [0.5, 0.6) is 17.2 Å². The maximum absolute atomic E-state index is 11.0. The van der Waals surface area contributed by atoms with Crippen LogP contribution in [-0.2, 0) is 14.2 Å². The molecule has 7 nitrogen and oxygen atoms in total. The number of aliphatic hydroxyl groups excluding tert-OH is 1. The van der Waals surface area contributed by atoms with Gasteiger partial charge in [0.15, 0.2) is 23.0 Å². The molecule has 26 heavy (non-hydrogen) atoms. The highest BCUT2D eigenvalue weighted by molar-refractivity contribution is 5.58. The number of ether oxygens (including phenoxy) is 6. The van der Waals surface area contributed by atoms with Gasteiger partial charge in [-0.05, 0) is 19.1 Å². The topological polar surface area (TPSA) is 75.6 Å². The Labute approximate surface area is 154 Å². The van der Waals surface area contributed by atoms with Gasteiger partial charge in [0.2, 0.25) is 5.75 Å². The Morgan fingerprint density at radius 3 is 2.04 bits per heavy atom. The first-order chi connectivity index (χ1) is 12.5. The number of hydrogen-bond acceptors (Lipinski definition) is 7. The van der Waals surface area contributed by atoms with E-state index in [4.69, 9.17) is 28.4 Å². The molecule has 0 amide bonds. The number of methoxy groups -OCH3 is 6. The van der Waals surface area contributed by atoms with Crippen molar-refractivity contribution in [1.82, 2.24) is 0 Å². The van der Waals surface area contributed by atoms with Crippen LogP contribution in [0, 0.1) is 0 Å². The number of hydrogen-bond donors (Lipinski definition) is 1. The Morgan fingerprint density at radius 2 is 1.62 bits per heavy atom. The van der Waals surface area contributed by atoms with Crippen LogP contribution >= 0.6 is 0 Å². The number of rotatable bonds is 10. The minimum Gasteiger partial charge on any atom is -0.495 e. The Bertz CT molecular complexity index is 650. The molecule has 146 valence electrons. The lowest BCUT2D eigenvalue weighted by Gasteiger charge is -2.23. The van der Waals surface area contributed by atoms with Crippen molar-refractivity contribution in [3.63, 3.8) is 0 Å². The highest BCUT2D eigenvalue weighted by Crippen LogP contribution is 2.44. The second-order valence-electron chi connectivity index (χ2n) is 5.16. The fourth-order valence-electron chi connectivity index (χ4n) is 2.66. The summed E-state index contributed by atoms with van der Waals surface area (Å²) in [7, 11) is 9.12. The minimum atomic E-state index is -1.05. The van der Waals surface area contributed by atoms with Gasteiger partial charge in [-0.25, -0.2) is 0 Å². The van der Waals surface area contributed by atoms with Gasteiger partial charge in [-0.2, -0.15) is 0 Å². The van der Waals surface area contributed by atoms with Crippen molar-refractivity contribution in [1.29, 1.82) is 0 Å². The van der Waals surface area contributed by atoms with Crippen molar-refractivity contribution < 1.29 is 33.5 Å². The molecule has 0 spiro atoms. The molecule has 0 saturated heterocycles. The normalized spacial score (nSPS) is 13.6. The lowest BCUT2D eigenvalue weighted by atomic mass is 9.97. The van der Waals surface area contributed by atoms with Crippen molar-refractivity contribution in [2.75, 3.05) is 49.3 Å². The Hall–Kier alpha value is -2.38. The maximum Gasteiger partial charge on any atom is 0.203 e. The Morgan fingerprint density at radius 1 is 0.962 bits per heavy atom. The van der Waals surface area contributed by atoms with Crippen LogP contribution in [0.3, 0.4) is 0 Å². The third-order valence-electron chi connectivity index (χ3n) is 3.88. The Kier molecular flexibility index (Phi) is 8.81. The van der Waals surface area contributed by atoms with Crippen LogP contribution in [-0.4, -0.2) is 54.4 Å². The molecular formula is C19H28O7. The molecule has 0 aromatic heterocycles.